The Bertz CT molecular complexity index is 328. The second-order valence-electron chi connectivity index (χ2n) is 3.28. The standard InChI is InChI=1S/C10H14BrNO2/c1-6-4-7(11)5-8(10(6)14)9(12)2-3-13/h4-5,9,13-14H,2-3,12H2,1H3/t9-/m0/s1. The van der Waals surface area contributed by atoms with E-state index in [4.69, 9.17) is 10.8 Å². The van der Waals surface area contributed by atoms with Gasteiger partial charge in [-0.15, -0.1) is 0 Å². The Morgan fingerprint density at radius 1 is 1.50 bits per heavy atom. The van der Waals surface area contributed by atoms with Gasteiger partial charge in [-0.1, -0.05) is 15.9 Å². The molecular weight excluding hydrogens is 246 g/mol. The van der Waals surface area contributed by atoms with Crippen LogP contribution in [-0.2, 0) is 0 Å². The van der Waals surface area contributed by atoms with Crippen molar-refractivity contribution >= 4 is 15.9 Å². The molecule has 1 rings (SSSR count). The zero-order valence-electron chi connectivity index (χ0n) is 8.00. The van der Waals surface area contributed by atoms with Crippen molar-refractivity contribution in [2.45, 2.75) is 19.4 Å². The zero-order chi connectivity index (χ0) is 10.7. The fourth-order valence-corrected chi connectivity index (χ4v) is 1.93. The van der Waals surface area contributed by atoms with E-state index in [1.165, 1.54) is 0 Å². The lowest BCUT2D eigenvalue weighted by Crippen LogP contribution is -2.12. The molecule has 78 valence electrons. The van der Waals surface area contributed by atoms with E-state index in [1.54, 1.807) is 6.07 Å². The smallest absolute Gasteiger partial charge is 0.123 e. The molecule has 1 aromatic carbocycles. The molecule has 0 fully saturated rings. The largest absolute Gasteiger partial charge is 0.507 e. The van der Waals surface area contributed by atoms with Gasteiger partial charge in [0.2, 0.25) is 0 Å². The highest BCUT2D eigenvalue weighted by atomic mass is 79.9. The third kappa shape index (κ3) is 2.47. The van der Waals surface area contributed by atoms with Gasteiger partial charge in [-0.05, 0) is 31.0 Å². The van der Waals surface area contributed by atoms with Gasteiger partial charge in [0, 0.05) is 22.7 Å². The van der Waals surface area contributed by atoms with E-state index in [0.29, 0.717) is 12.0 Å². The number of phenols is 1. The number of aliphatic hydroxyl groups excluding tert-OH is 1. The minimum absolute atomic E-state index is 0.0200. The van der Waals surface area contributed by atoms with Crippen LogP contribution in [0.25, 0.3) is 0 Å². The Hall–Kier alpha value is -0.580. The van der Waals surface area contributed by atoms with Crippen molar-refractivity contribution in [2.75, 3.05) is 6.61 Å². The molecule has 0 amide bonds. The normalized spacial score (nSPS) is 12.9. The number of aromatic hydroxyl groups is 1. The number of hydrogen-bond acceptors (Lipinski definition) is 3. The zero-order valence-corrected chi connectivity index (χ0v) is 9.58. The van der Waals surface area contributed by atoms with Crippen LogP contribution < -0.4 is 5.73 Å². The van der Waals surface area contributed by atoms with Crippen molar-refractivity contribution in [3.63, 3.8) is 0 Å². The molecule has 1 atom stereocenters. The van der Waals surface area contributed by atoms with Gasteiger partial charge in [0.15, 0.2) is 0 Å². The van der Waals surface area contributed by atoms with Crippen LogP contribution in [0.2, 0.25) is 0 Å². The van der Waals surface area contributed by atoms with Gasteiger partial charge < -0.3 is 15.9 Å². The first-order chi connectivity index (χ1) is 6.56. The summed E-state index contributed by atoms with van der Waals surface area (Å²) in [6.07, 6.45) is 0.448. The second-order valence-corrected chi connectivity index (χ2v) is 4.19. The molecule has 0 saturated heterocycles. The van der Waals surface area contributed by atoms with E-state index in [2.05, 4.69) is 15.9 Å². The van der Waals surface area contributed by atoms with Crippen LogP contribution in [0.5, 0.6) is 5.75 Å². The van der Waals surface area contributed by atoms with Crippen LogP contribution in [0.3, 0.4) is 0 Å². The van der Waals surface area contributed by atoms with Gasteiger partial charge in [0.05, 0.1) is 0 Å². The molecule has 0 radical (unpaired) electrons. The number of halogens is 1. The molecule has 0 aliphatic carbocycles. The Kier molecular flexibility index (Phi) is 3.92. The van der Waals surface area contributed by atoms with Gasteiger partial charge in [-0.2, -0.15) is 0 Å². The van der Waals surface area contributed by atoms with Crippen molar-refractivity contribution in [1.29, 1.82) is 0 Å². The Morgan fingerprint density at radius 2 is 2.14 bits per heavy atom. The molecule has 0 bridgehead atoms. The summed E-state index contributed by atoms with van der Waals surface area (Å²) in [7, 11) is 0. The van der Waals surface area contributed by atoms with Gasteiger partial charge in [0.1, 0.15) is 5.75 Å². The second kappa shape index (κ2) is 4.77. The average molecular weight is 260 g/mol. The first-order valence-electron chi connectivity index (χ1n) is 4.41. The van der Waals surface area contributed by atoms with Crippen molar-refractivity contribution < 1.29 is 10.2 Å². The highest BCUT2D eigenvalue weighted by molar-refractivity contribution is 9.10. The summed E-state index contributed by atoms with van der Waals surface area (Å²) in [5, 5.41) is 18.5. The lowest BCUT2D eigenvalue weighted by atomic mass is 10.0. The van der Waals surface area contributed by atoms with Crippen molar-refractivity contribution in [3.05, 3.63) is 27.7 Å². The summed E-state index contributed by atoms with van der Waals surface area (Å²) in [6.45, 7) is 1.83. The fraction of sp³-hybridized carbons (Fsp3) is 0.400. The van der Waals surface area contributed by atoms with Crippen LogP contribution >= 0.6 is 15.9 Å². The number of rotatable bonds is 3. The Balaban J connectivity index is 3.07. The molecule has 3 nitrogen and oxygen atoms in total. The first kappa shape index (κ1) is 11.5. The monoisotopic (exact) mass is 259 g/mol. The third-order valence-electron chi connectivity index (χ3n) is 2.13. The number of benzene rings is 1. The molecule has 0 spiro atoms. The number of hydrogen-bond donors (Lipinski definition) is 3. The first-order valence-corrected chi connectivity index (χ1v) is 5.21. The van der Waals surface area contributed by atoms with Crippen LogP contribution in [0.1, 0.15) is 23.6 Å². The number of aliphatic hydroxyl groups is 1. The topological polar surface area (TPSA) is 66.5 Å². The van der Waals surface area contributed by atoms with Gasteiger partial charge in [-0.3, -0.25) is 0 Å². The number of aryl methyl sites for hydroxylation is 1. The molecule has 0 aliphatic heterocycles. The molecule has 0 heterocycles. The summed E-state index contributed by atoms with van der Waals surface area (Å²) < 4.78 is 0.885. The summed E-state index contributed by atoms with van der Waals surface area (Å²) in [5.41, 5.74) is 7.26. The Labute approximate surface area is 91.7 Å². The number of nitrogens with two attached hydrogens (primary N) is 1. The molecule has 1 aromatic rings. The quantitative estimate of drug-likeness (QED) is 0.776. The van der Waals surface area contributed by atoms with E-state index in [1.807, 2.05) is 13.0 Å². The van der Waals surface area contributed by atoms with Crippen molar-refractivity contribution in [2.24, 2.45) is 5.73 Å². The predicted molar refractivity (Wildman–Crippen MR) is 59.2 cm³/mol. The van der Waals surface area contributed by atoms with Crippen LogP contribution in [0.4, 0.5) is 0 Å². The van der Waals surface area contributed by atoms with Crippen molar-refractivity contribution in [3.8, 4) is 5.75 Å². The molecule has 4 N–H and O–H groups in total. The Morgan fingerprint density at radius 3 is 2.71 bits per heavy atom. The lowest BCUT2D eigenvalue weighted by molar-refractivity contribution is 0.275. The van der Waals surface area contributed by atoms with Gasteiger partial charge in [0.25, 0.3) is 0 Å². The van der Waals surface area contributed by atoms with Crippen LogP contribution in [0, 0.1) is 6.92 Å². The molecule has 0 unspecified atom stereocenters. The number of phenolic OH excluding ortho intramolecular Hbond substituents is 1. The van der Waals surface area contributed by atoms with Gasteiger partial charge >= 0.3 is 0 Å². The lowest BCUT2D eigenvalue weighted by Gasteiger charge is -2.14. The van der Waals surface area contributed by atoms with Crippen LogP contribution in [0.15, 0.2) is 16.6 Å². The third-order valence-corrected chi connectivity index (χ3v) is 2.59. The maximum atomic E-state index is 9.74. The van der Waals surface area contributed by atoms with E-state index in [-0.39, 0.29) is 18.4 Å². The molecule has 0 saturated carbocycles. The van der Waals surface area contributed by atoms with Crippen LogP contribution in [-0.4, -0.2) is 16.8 Å². The molecular formula is C10H14BrNO2. The van der Waals surface area contributed by atoms with E-state index < -0.39 is 0 Å². The van der Waals surface area contributed by atoms with E-state index in [0.717, 1.165) is 10.0 Å². The summed E-state index contributed by atoms with van der Waals surface area (Å²) in [6, 6.07) is 3.28. The minimum atomic E-state index is -0.323. The predicted octanol–water partition coefficient (Wildman–Crippen LogP) is 1.85. The SMILES string of the molecule is Cc1cc(Br)cc([C@@H](N)CCO)c1O. The van der Waals surface area contributed by atoms with E-state index in [9.17, 15) is 5.11 Å². The molecule has 0 aliphatic rings. The molecule has 0 aromatic heterocycles. The highest BCUT2D eigenvalue weighted by Gasteiger charge is 2.12. The highest BCUT2D eigenvalue weighted by Crippen LogP contribution is 2.31. The average Bonchev–Trinajstić information content (AvgIpc) is 2.11. The maximum absolute atomic E-state index is 9.74. The summed E-state index contributed by atoms with van der Waals surface area (Å²) >= 11 is 3.34. The molecule has 4 heteroatoms. The van der Waals surface area contributed by atoms with Crippen molar-refractivity contribution in [1.82, 2.24) is 0 Å². The fourth-order valence-electron chi connectivity index (χ4n) is 1.34. The van der Waals surface area contributed by atoms with E-state index >= 15 is 0 Å². The summed E-state index contributed by atoms with van der Waals surface area (Å²) in [5.74, 6) is 0.217. The summed E-state index contributed by atoms with van der Waals surface area (Å²) in [4.78, 5) is 0. The minimum Gasteiger partial charge on any atom is -0.507 e. The maximum Gasteiger partial charge on any atom is 0.123 e. The van der Waals surface area contributed by atoms with Gasteiger partial charge in [-0.25, -0.2) is 0 Å². The molecule has 14 heavy (non-hydrogen) atoms.